The van der Waals surface area contributed by atoms with Crippen LogP contribution in [-0.2, 0) is 17.1 Å². The minimum atomic E-state index is 0. The van der Waals surface area contributed by atoms with Crippen molar-refractivity contribution in [2.45, 2.75) is 0 Å². The Kier molecular flexibility index (Phi) is 5.18. The van der Waals surface area contributed by atoms with Crippen LogP contribution in [-0.4, -0.2) is 30.4 Å². The van der Waals surface area contributed by atoms with E-state index in [1.54, 1.807) is 30.7 Å². The Hall–Kier alpha value is -3.02. The molecule has 4 rings (SSSR count). The SMILES string of the molecule is [Fe].[c-]1cccnc1-c1nnnc(-c2ccccn2)c1-c1ccccn1. The molecule has 0 saturated carbocycles. The van der Waals surface area contributed by atoms with Crippen LogP contribution in [0.25, 0.3) is 34.0 Å². The smallest absolute Gasteiger partial charge is 0.112 e. The van der Waals surface area contributed by atoms with E-state index < -0.39 is 0 Å². The summed E-state index contributed by atoms with van der Waals surface area (Å²) in [7, 11) is 0. The van der Waals surface area contributed by atoms with Crippen LogP contribution < -0.4 is 0 Å². The maximum absolute atomic E-state index is 4.44. The molecule has 0 bridgehead atoms. The van der Waals surface area contributed by atoms with Crippen LogP contribution in [0.2, 0.25) is 0 Å². The molecule has 0 saturated heterocycles. The van der Waals surface area contributed by atoms with Crippen LogP contribution in [0.5, 0.6) is 0 Å². The van der Waals surface area contributed by atoms with Crippen LogP contribution in [0.1, 0.15) is 0 Å². The molecule has 0 aliphatic rings. The minimum absolute atomic E-state index is 0. The van der Waals surface area contributed by atoms with E-state index in [4.69, 9.17) is 0 Å². The summed E-state index contributed by atoms with van der Waals surface area (Å²) in [5.41, 5.74) is 3.94. The van der Waals surface area contributed by atoms with Gasteiger partial charge >= 0.3 is 0 Å². The molecule has 4 aromatic rings. The van der Waals surface area contributed by atoms with E-state index in [0.29, 0.717) is 22.8 Å². The van der Waals surface area contributed by atoms with Crippen molar-refractivity contribution in [1.29, 1.82) is 0 Å². The van der Waals surface area contributed by atoms with E-state index in [1.807, 2.05) is 36.4 Å². The molecule has 0 amide bonds. The third-order valence-corrected chi connectivity index (χ3v) is 3.42. The van der Waals surface area contributed by atoms with Gasteiger partial charge in [0.2, 0.25) is 0 Å². The van der Waals surface area contributed by atoms with Gasteiger partial charge < -0.3 is 0 Å². The molecule has 0 spiro atoms. The van der Waals surface area contributed by atoms with Crippen molar-refractivity contribution >= 4 is 0 Å². The van der Waals surface area contributed by atoms with Gasteiger partial charge in [-0.2, -0.15) is 17.2 Å². The summed E-state index contributed by atoms with van der Waals surface area (Å²) in [4.78, 5) is 13.2. The van der Waals surface area contributed by atoms with Crippen LogP contribution in [0.15, 0.2) is 67.1 Å². The van der Waals surface area contributed by atoms with Crippen LogP contribution >= 0.6 is 0 Å². The summed E-state index contributed by atoms with van der Waals surface area (Å²) in [6.07, 6.45) is 5.13. The van der Waals surface area contributed by atoms with Gasteiger partial charge in [0.05, 0.1) is 11.4 Å². The van der Waals surface area contributed by atoms with Crippen molar-refractivity contribution in [2.75, 3.05) is 0 Å². The normalized spacial score (nSPS) is 10.1. The summed E-state index contributed by atoms with van der Waals surface area (Å²) in [5, 5.41) is 12.3. The molecule has 0 aliphatic carbocycles. The van der Waals surface area contributed by atoms with Crippen molar-refractivity contribution in [2.24, 2.45) is 0 Å². The van der Waals surface area contributed by atoms with Gasteiger partial charge in [-0.1, -0.05) is 17.3 Å². The molecule has 4 aromatic heterocycles. The first kappa shape index (κ1) is 16.8. The molecular formula is C18H11FeN6-. The molecule has 7 heteroatoms. The fourth-order valence-electron chi connectivity index (χ4n) is 2.38. The van der Waals surface area contributed by atoms with Gasteiger partial charge in [0, 0.05) is 40.7 Å². The van der Waals surface area contributed by atoms with E-state index in [0.717, 1.165) is 11.3 Å². The third kappa shape index (κ3) is 3.42. The second-order valence-corrected chi connectivity index (χ2v) is 4.92. The average Bonchev–Trinajstić information content (AvgIpc) is 2.69. The van der Waals surface area contributed by atoms with Gasteiger partial charge in [0.15, 0.2) is 0 Å². The number of nitrogens with zero attached hydrogens (tertiary/aromatic N) is 6. The fraction of sp³-hybridized carbons (Fsp3) is 0. The van der Waals surface area contributed by atoms with Gasteiger partial charge in [0.1, 0.15) is 5.69 Å². The Bertz CT molecular complexity index is 891. The molecule has 0 aromatic carbocycles. The zero-order valence-corrected chi connectivity index (χ0v) is 14.0. The average molecular weight is 367 g/mol. The van der Waals surface area contributed by atoms with Crippen LogP contribution in [0.4, 0.5) is 0 Å². The van der Waals surface area contributed by atoms with Crippen molar-refractivity contribution in [1.82, 2.24) is 30.4 Å². The molecule has 0 N–H and O–H groups in total. The second-order valence-electron chi connectivity index (χ2n) is 4.92. The second kappa shape index (κ2) is 7.70. The predicted molar refractivity (Wildman–Crippen MR) is 88.4 cm³/mol. The monoisotopic (exact) mass is 367 g/mol. The third-order valence-electron chi connectivity index (χ3n) is 3.42. The summed E-state index contributed by atoms with van der Waals surface area (Å²) < 4.78 is 0. The predicted octanol–water partition coefficient (Wildman–Crippen LogP) is 2.86. The quantitative estimate of drug-likeness (QED) is 0.409. The van der Waals surface area contributed by atoms with Crippen molar-refractivity contribution in [3.8, 4) is 34.0 Å². The molecular weight excluding hydrogens is 356 g/mol. The molecule has 122 valence electrons. The summed E-state index contributed by atoms with van der Waals surface area (Å²) in [6.45, 7) is 0. The van der Waals surface area contributed by atoms with E-state index in [1.165, 1.54) is 0 Å². The summed E-state index contributed by atoms with van der Waals surface area (Å²) >= 11 is 0. The molecule has 0 radical (unpaired) electrons. The molecule has 0 atom stereocenters. The fourth-order valence-corrected chi connectivity index (χ4v) is 2.38. The number of rotatable bonds is 3. The minimum Gasteiger partial charge on any atom is -0.294 e. The van der Waals surface area contributed by atoms with E-state index >= 15 is 0 Å². The molecule has 6 nitrogen and oxygen atoms in total. The van der Waals surface area contributed by atoms with E-state index in [9.17, 15) is 0 Å². The van der Waals surface area contributed by atoms with Crippen LogP contribution in [0, 0.1) is 6.07 Å². The van der Waals surface area contributed by atoms with Crippen molar-refractivity contribution in [3.63, 3.8) is 0 Å². The largest absolute Gasteiger partial charge is 0.294 e. The van der Waals surface area contributed by atoms with Gasteiger partial charge in [-0.05, 0) is 36.2 Å². The van der Waals surface area contributed by atoms with Gasteiger partial charge in [0.25, 0.3) is 0 Å². The van der Waals surface area contributed by atoms with Gasteiger partial charge in [-0.15, -0.1) is 11.2 Å². The maximum Gasteiger partial charge on any atom is 0.112 e. The van der Waals surface area contributed by atoms with E-state index in [2.05, 4.69) is 36.4 Å². The number of pyridine rings is 3. The topological polar surface area (TPSA) is 77.3 Å². The van der Waals surface area contributed by atoms with Crippen LogP contribution in [0.3, 0.4) is 0 Å². The maximum atomic E-state index is 4.44. The molecule has 0 unspecified atom stereocenters. The summed E-state index contributed by atoms with van der Waals surface area (Å²) in [6, 6.07) is 18.0. The van der Waals surface area contributed by atoms with Crippen molar-refractivity contribution in [3.05, 3.63) is 73.2 Å². The standard InChI is InChI=1S/C18H11N6.Fe/c1-4-10-19-13(7-1)16-17(14-8-2-5-11-20-14)22-24-23-18(16)15-9-3-6-12-21-15;/h1-8,10-12H;/q-1;. The summed E-state index contributed by atoms with van der Waals surface area (Å²) in [5.74, 6) is 0. The van der Waals surface area contributed by atoms with Gasteiger partial charge in [-0.3, -0.25) is 15.0 Å². The number of hydrogen-bond acceptors (Lipinski definition) is 6. The van der Waals surface area contributed by atoms with Crippen molar-refractivity contribution < 1.29 is 17.1 Å². The van der Waals surface area contributed by atoms with E-state index in [-0.39, 0.29) is 17.1 Å². The first-order chi connectivity index (χ1) is 11.9. The van der Waals surface area contributed by atoms with Gasteiger partial charge in [-0.25, -0.2) is 0 Å². The number of aromatic nitrogens is 6. The Balaban J connectivity index is 0.00000182. The Labute approximate surface area is 154 Å². The first-order valence-electron chi connectivity index (χ1n) is 7.33. The molecule has 0 fully saturated rings. The molecule has 25 heavy (non-hydrogen) atoms. The Morgan fingerprint density at radius 2 is 1.36 bits per heavy atom. The number of hydrogen-bond donors (Lipinski definition) is 0. The molecule has 0 aliphatic heterocycles. The Morgan fingerprint density at radius 3 is 2.00 bits per heavy atom. The zero-order valence-electron chi connectivity index (χ0n) is 12.9. The Morgan fingerprint density at radius 1 is 0.680 bits per heavy atom. The molecule has 4 heterocycles. The first-order valence-corrected chi connectivity index (χ1v) is 7.33. The zero-order chi connectivity index (χ0) is 16.2.